The van der Waals surface area contributed by atoms with Gasteiger partial charge < -0.3 is 15.6 Å². The molecule has 1 aliphatic rings. The van der Waals surface area contributed by atoms with Crippen molar-refractivity contribution in [3.8, 4) is 5.69 Å². The van der Waals surface area contributed by atoms with E-state index in [-0.39, 0.29) is 6.04 Å². The summed E-state index contributed by atoms with van der Waals surface area (Å²) < 4.78 is 1.95. The van der Waals surface area contributed by atoms with Crippen molar-refractivity contribution in [2.75, 3.05) is 6.54 Å². The molecule has 1 fully saturated rings. The topological polar surface area (TPSA) is 72.9 Å². The zero-order chi connectivity index (χ0) is 13.2. The highest BCUT2D eigenvalue weighted by atomic mass is 16.1. The van der Waals surface area contributed by atoms with Crippen molar-refractivity contribution >= 4 is 5.91 Å². The van der Waals surface area contributed by atoms with E-state index in [1.165, 1.54) is 0 Å². The van der Waals surface area contributed by atoms with E-state index in [1.807, 2.05) is 29.0 Å². The van der Waals surface area contributed by atoms with Crippen molar-refractivity contribution in [1.82, 2.24) is 14.9 Å². The predicted octanol–water partition coefficient (Wildman–Crippen LogP) is 1.40. The first kappa shape index (κ1) is 11.9. The van der Waals surface area contributed by atoms with Gasteiger partial charge in [-0.2, -0.15) is 0 Å². The van der Waals surface area contributed by atoms with Crippen LogP contribution in [-0.2, 0) is 0 Å². The monoisotopic (exact) mass is 256 g/mol. The normalized spacial score (nSPS) is 18.6. The van der Waals surface area contributed by atoms with Crippen LogP contribution in [0.15, 0.2) is 36.7 Å². The van der Waals surface area contributed by atoms with Crippen LogP contribution in [0.5, 0.6) is 0 Å². The number of carbonyl (C=O) groups is 1. The summed E-state index contributed by atoms with van der Waals surface area (Å²) in [5.41, 5.74) is 6.74. The molecule has 3 rings (SSSR count). The second-order valence-corrected chi connectivity index (χ2v) is 4.69. The summed E-state index contributed by atoms with van der Waals surface area (Å²) in [7, 11) is 0. The van der Waals surface area contributed by atoms with E-state index in [4.69, 9.17) is 5.73 Å². The van der Waals surface area contributed by atoms with Crippen molar-refractivity contribution in [2.45, 2.75) is 18.9 Å². The highest BCUT2D eigenvalue weighted by molar-refractivity contribution is 5.96. The second kappa shape index (κ2) is 4.85. The number of amides is 1. The molecule has 1 aromatic carbocycles. The number of primary amides is 1. The third-order valence-electron chi connectivity index (χ3n) is 3.47. The Labute approximate surface area is 111 Å². The van der Waals surface area contributed by atoms with Gasteiger partial charge in [0.2, 0.25) is 0 Å². The van der Waals surface area contributed by atoms with Crippen molar-refractivity contribution in [3.63, 3.8) is 0 Å². The quantitative estimate of drug-likeness (QED) is 0.871. The van der Waals surface area contributed by atoms with Crippen LogP contribution in [0.2, 0.25) is 0 Å². The fourth-order valence-corrected chi connectivity index (χ4v) is 2.57. The Bertz CT molecular complexity index is 599. The first-order valence-electron chi connectivity index (χ1n) is 6.43. The maximum Gasteiger partial charge on any atom is 0.250 e. The Morgan fingerprint density at radius 1 is 1.42 bits per heavy atom. The Hall–Kier alpha value is -2.14. The van der Waals surface area contributed by atoms with Gasteiger partial charge >= 0.3 is 0 Å². The summed E-state index contributed by atoms with van der Waals surface area (Å²) >= 11 is 0. The number of nitrogens with one attached hydrogen (secondary N) is 1. The van der Waals surface area contributed by atoms with Crippen molar-refractivity contribution in [1.29, 1.82) is 0 Å². The Morgan fingerprint density at radius 3 is 3.00 bits per heavy atom. The molecule has 5 nitrogen and oxygen atoms in total. The number of carbonyl (C=O) groups excluding carboxylic acids is 1. The first-order chi connectivity index (χ1) is 9.27. The second-order valence-electron chi connectivity index (χ2n) is 4.69. The SMILES string of the molecule is NC(=O)c1ccccc1-n1ccnc1[C@@H]1CCCN1. The lowest BCUT2D eigenvalue weighted by Gasteiger charge is -2.15. The molecule has 2 aromatic rings. The van der Waals surface area contributed by atoms with E-state index in [1.54, 1.807) is 12.3 Å². The fraction of sp³-hybridized carbons (Fsp3) is 0.286. The van der Waals surface area contributed by atoms with Gasteiger partial charge in [0.1, 0.15) is 5.82 Å². The molecule has 0 bridgehead atoms. The molecule has 2 heterocycles. The van der Waals surface area contributed by atoms with E-state index in [9.17, 15) is 4.79 Å². The van der Waals surface area contributed by atoms with Gasteiger partial charge in [0.15, 0.2) is 0 Å². The molecule has 0 unspecified atom stereocenters. The highest BCUT2D eigenvalue weighted by Crippen LogP contribution is 2.25. The summed E-state index contributed by atoms with van der Waals surface area (Å²) in [6.07, 6.45) is 5.84. The molecule has 1 aliphatic heterocycles. The van der Waals surface area contributed by atoms with E-state index in [2.05, 4.69) is 10.3 Å². The highest BCUT2D eigenvalue weighted by Gasteiger charge is 2.22. The van der Waals surface area contributed by atoms with E-state index >= 15 is 0 Å². The van der Waals surface area contributed by atoms with Gasteiger partial charge in [0.25, 0.3) is 5.91 Å². The first-order valence-corrected chi connectivity index (χ1v) is 6.43. The molecule has 0 radical (unpaired) electrons. The van der Waals surface area contributed by atoms with E-state index in [0.29, 0.717) is 5.56 Å². The molecule has 3 N–H and O–H groups in total. The molecular weight excluding hydrogens is 240 g/mol. The molecular formula is C14H16N4O. The minimum absolute atomic E-state index is 0.246. The minimum atomic E-state index is -0.422. The zero-order valence-corrected chi connectivity index (χ0v) is 10.5. The van der Waals surface area contributed by atoms with Gasteiger partial charge in [0, 0.05) is 12.4 Å². The maximum atomic E-state index is 11.5. The number of imidazole rings is 1. The Balaban J connectivity index is 2.08. The van der Waals surface area contributed by atoms with Crippen LogP contribution in [0.4, 0.5) is 0 Å². The lowest BCUT2D eigenvalue weighted by atomic mass is 10.1. The average Bonchev–Trinajstić information content (AvgIpc) is 3.09. The predicted molar refractivity (Wildman–Crippen MR) is 72.1 cm³/mol. The molecule has 0 saturated carbocycles. The number of nitrogens with zero attached hydrogens (tertiary/aromatic N) is 2. The fourth-order valence-electron chi connectivity index (χ4n) is 2.57. The molecule has 98 valence electrons. The van der Waals surface area contributed by atoms with Gasteiger partial charge in [-0.3, -0.25) is 4.79 Å². The summed E-state index contributed by atoms with van der Waals surface area (Å²) in [6.45, 7) is 1.01. The van der Waals surface area contributed by atoms with Crippen LogP contribution >= 0.6 is 0 Å². The number of benzene rings is 1. The summed E-state index contributed by atoms with van der Waals surface area (Å²) in [4.78, 5) is 15.9. The van der Waals surface area contributed by atoms with Crippen molar-refractivity contribution < 1.29 is 4.79 Å². The van der Waals surface area contributed by atoms with Crippen LogP contribution in [0.25, 0.3) is 5.69 Å². The zero-order valence-electron chi connectivity index (χ0n) is 10.5. The molecule has 1 saturated heterocycles. The van der Waals surface area contributed by atoms with Gasteiger partial charge in [-0.25, -0.2) is 4.98 Å². The number of hydrogen-bond donors (Lipinski definition) is 2. The number of hydrogen-bond acceptors (Lipinski definition) is 3. The summed E-state index contributed by atoms with van der Waals surface area (Å²) in [6, 6.07) is 7.58. The average molecular weight is 256 g/mol. The lowest BCUT2D eigenvalue weighted by Crippen LogP contribution is -2.19. The molecule has 0 aliphatic carbocycles. The smallest absolute Gasteiger partial charge is 0.250 e. The van der Waals surface area contributed by atoms with Gasteiger partial charge in [0.05, 0.1) is 17.3 Å². The molecule has 1 atom stereocenters. The van der Waals surface area contributed by atoms with Crippen molar-refractivity contribution in [3.05, 3.63) is 48.0 Å². The molecule has 5 heteroatoms. The van der Waals surface area contributed by atoms with E-state index < -0.39 is 5.91 Å². The largest absolute Gasteiger partial charge is 0.366 e. The third kappa shape index (κ3) is 2.13. The van der Waals surface area contributed by atoms with E-state index in [0.717, 1.165) is 30.9 Å². The van der Waals surface area contributed by atoms with Crippen LogP contribution in [0, 0.1) is 0 Å². The van der Waals surface area contributed by atoms with Crippen LogP contribution in [0.3, 0.4) is 0 Å². The summed E-state index contributed by atoms with van der Waals surface area (Å²) in [5, 5.41) is 3.42. The van der Waals surface area contributed by atoms with Crippen LogP contribution < -0.4 is 11.1 Å². The number of rotatable bonds is 3. The van der Waals surface area contributed by atoms with Gasteiger partial charge in [-0.05, 0) is 31.5 Å². The molecule has 19 heavy (non-hydrogen) atoms. The Kier molecular flexibility index (Phi) is 3.05. The molecule has 1 amide bonds. The molecule has 1 aromatic heterocycles. The number of aromatic nitrogens is 2. The number of para-hydroxylation sites is 1. The number of nitrogens with two attached hydrogens (primary N) is 1. The van der Waals surface area contributed by atoms with Gasteiger partial charge in [-0.1, -0.05) is 12.1 Å². The maximum absolute atomic E-state index is 11.5. The van der Waals surface area contributed by atoms with Gasteiger partial charge in [-0.15, -0.1) is 0 Å². The standard InChI is InChI=1S/C14H16N4O/c15-13(19)10-4-1-2-6-12(10)18-9-8-17-14(18)11-5-3-7-16-11/h1-2,4,6,8-9,11,16H,3,5,7H2,(H2,15,19)/t11-/m0/s1. The lowest BCUT2D eigenvalue weighted by molar-refractivity contribution is 0.100. The molecule has 0 spiro atoms. The van der Waals surface area contributed by atoms with Crippen LogP contribution in [-0.4, -0.2) is 22.0 Å². The Morgan fingerprint density at radius 2 is 2.26 bits per heavy atom. The van der Waals surface area contributed by atoms with Crippen LogP contribution in [0.1, 0.15) is 35.1 Å². The minimum Gasteiger partial charge on any atom is -0.366 e. The third-order valence-corrected chi connectivity index (χ3v) is 3.47. The van der Waals surface area contributed by atoms with Crippen molar-refractivity contribution in [2.24, 2.45) is 5.73 Å². The summed E-state index contributed by atoms with van der Waals surface area (Å²) in [5.74, 6) is 0.515.